The molecule has 2 aromatic rings. The number of hydrogen-bond acceptors (Lipinski definition) is 6. The van der Waals surface area contributed by atoms with Crippen LogP contribution in [-0.4, -0.2) is 29.3 Å². The van der Waals surface area contributed by atoms with Gasteiger partial charge in [-0.15, -0.1) is 0 Å². The van der Waals surface area contributed by atoms with Gasteiger partial charge in [-0.05, 0) is 45.4 Å². The van der Waals surface area contributed by atoms with Crippen molar-refractivity contribution in [2.24, 2.45) is 0 Å². The predicted molar refractivity (Wildman–Crippen MR) is 95.8 cm³/mol. The molecule has 1 heterocycles. The number of nitrogens with zero attached hydrogens (tertiary/aromatic N) is 2. The third kappa shape index (κ3) is 5.19. The molecule has 0 fully saturated rings. The van der Waals surface area contributed by atoms with Crippen LogP contribution < -0.4 is 14.8 Å². The molecule has 1 aromatic heterocycles. The van der Waals surface area contributed by atoms with E-state index < -0.39 is 0 Å². The average Bonchev–Trinajstić information content (AvgIpc) is 2.98. The molecule has 0 saturated heterocycles. The summed E-state index contributed by atoms with van der Waals surface area (Å²) in [7, 11) is 0. The first-order valence-corrected chi connectivity index (χ1v) is 8.91. The van der Waals surface area contributed by atoms with Gasteiger partial charge in [0.15, 0.2) is 17.3 Å². The summed E-state index contributed by atoms with van der Waals surface area (Å²) >= 11 is 3.49. The van der Waals surface area contributed by atoms with Crippen molar-refractivity contribution >= 4 is 21.8 Å². The zero-order valence-electron chi connectivity index (χ0n) is 14.8. The molecule has 0 aliphatic rings. The van der Waals surface area contributed by atoms with Gasteiger partial charge in [0.2, 0.25) is 11.8 Å². The van der Waals surface area contributed by atoms with Crippen LogP contribution in [0, 0.1) is 6.92 Å². The van der Waals surface area contributed by atoms with Crippen LogP contribution in [0.25, 0.3) is 0 Å². The highest BCUT2D eigenvalue weighted by molar-refractivity contribution is 9.10. The molecule has 1 aromatic carbocycles. The molecule has 2 rings (SSSR count). The molecule has 0 saturated carbocycles. The molecule has 1 N–H and O–H groups in total. The lowest BCUT2D eigenvalue weighted by molar-refractivity contribution is -0.121. The molecule has 0 bridgehead atoms. The van der Waals surface area contributed by atoms with Gasteiger partial charge in [0.1, 0.15) is 6.04 Å². The van der Waals surface area contributed by atoms with Gasteiger partial charge in [0, 0.05) is 4.47 Å². The van der Waals surface area contributed by atoms with Gasteiger partial charge < -0.3 is 19.3 Å². The Kier molecular flexibility index (Phi) is 6.81. The Bertz CT molecular complexity index is 733. The lowest BCUT2D eigenvalue weighted by Crippen LogP contribution is -2.28. The van der Waals surface area contributed by atoms with E-state index in [1.54, 1.807) is 13.8 Å². The van der Waals surface area contributed by atoms with Crippen molar-refractivity contribution in [2.45, 2.75) is 40.2 Å². The number of carbonyl (C=O) groups excluding carboxylic acids is 1. The number of aryl methyl sites for hydroxylation is 1. The van der Waals surface area contributed by atoms with E-state index in [0.717, 1.165) is 10.0 Å². The second kappa shape index (κ2) is 8.84. The number of nitrogens with one attached hydrogen (secondary N) is 1. The molecular weight excluding hydrogens is 390 g/mol. The minimum absolute atomic E-state index is 0.157. The molecule has 1 unspecified atom stereocenters. The summed E-state index contributed by atoms with van der Waals surface area (Å²) in [6, 6.07) is 3.28. The third-order valence-corrected chi connectivity index (χ3v) is 4.09. The summed E-state index contributed by atoms with van der Waals surface area (Å²) in [6.45, 7) is 8.38. The van der Waals surface area contributed by atoms with Gasteiger partial charge in [-0.1, -0.05) is 21.1 Å². The number of carbonyl (C=O) groups is 1. The molecule has 8 heteroatoms. The van der Waals surface area contributed by atoms with Crippen molar-refractivity contribution in [3.8, 4) is 11.5 Å². The topological polar surface area (TPSA) is 86.5 Å². The number of halogens is 1. The fourth-order valence-corrected chi connectivity index (χ4v) is 2.73. The summed E-state index contributed by atoms with van der Waals surface area (Å²) in [5, 5.41) is 6.58. The first kappa shape index (κ1) is 19.2. The Morgan fingerprint density at radius 3 is 2.48 bits per heavy atom. The zero-order chi connectivity index (χ0) is 18.4. The van der Waals surface area contributed by atoms with E-state index in [2.05, 4.69) is 31.4 Å². The minimum atomic E-state index is -0.360. The van der Waals surface area contributed by atoms with Crippen molar-refractivity contribution in [1.82, 2.24) is 15.5 Å². The quantitative estimate of drug-likeness (QED) is 0.716. The third-order valence-electron chi connectivity index (χ3n) is 3.35. The zero-order valence-corrected chi connectivity index (χ0v) is 16.3. The summed E-state index contributed by atoms with van der Waals surface area (Å²) in [4.78, 5) is 16.5. The predicted octanol–water partition coefficient (Wildman–Crippen LogP) is 3.36. The summed E-state index contributed by atoms with van der Waals surface area (Å²) in [5.41, 5.74) is 0.804. The number of benzene rings is 1. The molecule has 0 spiro atoms. The Morgan fingerprint density at radius 1 is 1.28 bits per heavy atom. The molecule has 136 valence electrons. The number of amides is 1. The van der Waals surface area contributed by atoms with E-state index in [9.17, 15) is 4.79 Å². The van der Waals surface area contributed by atoms with E-state index in [-0.39, 0.29) is 18.4 Å². The largest absolute Gasteiger partial charge is 0.490 e. The Balaban J connectivity index is 2.10. The Morgan fingerprint density at radius 2 is 1.92 bits per heavy atom. The molecule has 1 atom stereocenters. The summed E-state index contributed by atoms with van der Waals surface area (Å²) < 4.78 is 17.0. The van der Waals surface area contributed by atoms with Gasteiger partial charge >= 0.3 is 0 Å². The van der Waals surface area contributed by atoms with Crippen molar-refractivity contribution in [1.29, 1.82) is 0 Å². The first-order valence-electron chi connectivity index (χ1n) is 8.12. The number of rotatable bonds is 8. The highest BCUT2D eigenvalue weighted by Crippen LogP contribution is 2.34. The van der Waals surface area contributed by atoms with E-state index >= 15 is 0 Å². The SMILES string of the molecule is CCOc1cc(Br)c(CC(=O)NC(C)c2nc(C)no2)cc1OCC. The fraction of sp³-hybridized carbons (Fsp3) is 0.471. The van der Waals surface area contributed by atoms with Crippen LogP contribution in [0.4, 0.5) is 0 Å². The van der Waals surface area contributed by atoms with Gasteiger partial charge in [-0.2, -0.15) is 4.98 Å². The van der Waals surface area contributed by atoms with Crippen LogP contribution in [0.3, 0.4) is 0 Å². The second-order valence-electron chi connectivity index (χ2n) is 5.40. The summed E-state index contributed by atoms with van der Waals surface area (Å²) in [5.74, 6) is 2.03. The lowest BCUT2D eigenvalue weighted by Gasteiger charge is -2.15. The maximum absolute atomic E-state index is 12.3. The monoisotopic (exact) mass is 411 g/mol. The van der Waals surface area contributed by atoms with Gasteiger partial charge in [0.05, 0.1) is 19.6 Å². The molecule has 7 nitrogen and oxygen atoms in total. The van der Waals surface area contributed by atoms with Gasteiger partial charge in [-0.25, -0.2) is 0 Å². The maximum atomic E-state index is 12.3. The van der Waals surface area contributed by atoms with Crippen LogP contribution in [-0.2, 0) is 11.2 Å². The molecule has 0 aliphatic carbocycles. The number of ether oxygens (including phenoxy) is 2. The normalized spacial score (nSPS) is 11.9. The number of aromatic nitrogens is 2. The van der Waals surface area contributed by atoms with Crippen molar-refractivity contribution in [2.75, 3.05) is 13.2 Å². The van der Waals surface area contributed by atoms with Crippen LogP contribution in [0.5, 0.6) is 11.5 Å². The maximum Gasteiger partial charge on any atom is 0.248 e. The van der Waals surface area contributed by atoms with Crippen molar-refractivity contribution in [3.05, 3.63) is 33.9 Å². The molecular formula is C17H22BrN3O4. The molecule has 0 aliphatic heterocycles. The fourth-order valence-electron chi connectivity index (χ4n) is 2.27. The van der Waals surface area contributed by atoms with Crippen molar-refractivity contribution in [3.63, 3.8) is 0 Å². The van der Waals surface area contributed by atoms with Crippen molar-refractivity contribution < 1.29 is 18.8 Å². The lowest BCUT2D eigenvalue weighted by atomic mass is 10.1. The highest BCUT2D eigenvalue weighted by Gasteiger charge is 2.18. The van der Waals surface area contributed by atoms with Gasteiger partial charge in [0.25, 0.3) is 0 Å². The van der Waals surface area contributed by atoms with Crippen LogP contribution in [0.15, 0.2) is 21.1 Å². The van der Waals surface area contributed by atoms with E-state index in [0.29, 0.717) is 36.4 Å². The van der Waals surface area contributed by atoms with E-state index in [1.165, 1.54) is 0 Å². The summed E-state index contributed by atoms with van der Waals surface area (Å²) in [6.07, 6.45) is 0.185. The molecule has 1 amide bonds. The molecule has 0 radical (unpaired) electrons. The first-order chi connectivity index (χ1) is 11.9. The smallest absolute Gasteiger partial charge is 0.248 e. The standard InChI is InChI=1S/C17H22BrN3O4/c1-5-23-14-7-12(13(18)9-15(14)24-6-2)8-16(22)19-10(3)17-20-11(4)21-25-17/h7,9-10H,5-6,8H2,1-4H3,(H,19,22). The Hall–Kier alpha value is -2.09. The molecule has 25 heavy (non-hydrogen) atoms. The second-order valence-corrected chi connectivity index (χ2v) is 6.26. The average molecular weight is 412 g/mol. The van der Waals surface area contributed by atoms with Crippen LogP contribution >= 0.6 is 15.9 Å². The van der Waals surface area contributed by atoms with E-state index in [4.69, 9.17) is 14.0 Å². The van der Waals surface area contributed by atoms with Crippen LogP contribution in [0.1, 0.15) is 44.1 Å². The Labute approximate surface area is 155 Å². The number of hydrogen-bond donors (Lipinski definition) is 1. The minimum Gasteiger partial charge on any atom is -0.490 e. The highest BCUT2D eigenvalue weighted by atomic mass is 79.9. The van der Waals surface area contributed by atoms with Gasteiger partial charge in [-0.3, -0.25) is 4.79 Å². The van der Waals surface area contributed by atoms with Crippen LogP contribution in [0.2, 0.25) is 0 Å². The van der Waals surface area contributed by atoms with E-state index in [1.807, 2.05) is 26.0 Å².